The zero-order chi connectivity index (χ0) is 28.4. The average molecular weight is 780 g/mol. The molecule has 1 atom stereocenters. The van der Waals surface area contributed by atoms with Crippen LogP contribution in [0.1, 0.15) is 36.6 Å². The van der Waals surface area contributed by atoms with Crippen molar-refractivity contribution in [2.75, 3.05) is 6.61 Å². The maximum Gasteiger partial charge on any atom is 0.338 e. The van der Waals surface area contributed by atoms with Gasteiger partial charge in [-0.2, -0.15) is 0 Å². The Hall–Kier alpha value is -2.84. The molecule has 204 valence electrons. The molecule has 0 amide bonds. The highest BCUT2D eigenvalue weighted by atomic mass is 127. The van der Waals surface area contributed by atoms with E-state index in [1.807, 2.05) is 42.5 Å². The fraction of sp³-hybridized carbons (Fsp3) is 0.167. The summed E-state index contributed by atoms with van der Waals surface area (Å²) in [6.07, 6.45) is 1.81. The van der Waals surface area contributed by atoms with Crippen LogP contribution in [0.2, 0.25) is 0 Å². The molecule has 5 rings (SSSR count). The van der Waals surface area contributed by atoms with Gasteiger partial charge in [0.25, 0.3) is 5.56 Å². The summed E-state index contributed by atoms with van der Waals surface area (Å²) in [6.45, 7) is 3.99. The molecule has 0 spiro atoms. The Kier molecular flexibility index (Phi) is 8.86. The summed E-state index contributed by atoms with van der Waals surface area (Å²) >= 11 is 5.71. The predicted octanol–water partition coefficient (Wildman–Crippen LogP) is 5.73. The van der Waals surface area contributed by atoms with Gasteiger partial charge in [-0.3, -0.25) is 9.36 Å². The second-order valence-corrected chi connectivity index (χ2v) is 12.4. The van der Waals surface area contributed by atoms with Crippen LogP contribution in [0.4, 0.5) is 4.39 Å². The van der Waals surface area contributed by atoms with Crippen LogP contribution in [0.5, 0.6) is 5.75 Å². The zero-order valence-corrected chi connectivity index (χ0v) is 26.6. The number of aromatic nitrogens is 1. The molecule has 0 radical (unpaired) electrons. The Morgan fingerprint density at radius 2 is 1.85 bits per heavy atom. The van der Waals surface area contributed by atoms with E-state index in [0.29, 0.717) is 33.0 Å². The molecule has 0 fully saturated rings. The third-order valence-electron chi connectivity index (χ3n) is 6.25. The Bertz CT molecular complexity index is 1800. The molecular weight excluding hydrogens is 757 g/mol. The minimum atomic E-state index is -0.803. The highest BCUT2D eigenvalue weighted by molar-refractivity contribution is 14.1. The lowest BCUT2D eigenvalue weighted by Crippen LogP contribution is -2.39. The lowest BCUT2D eigenvalue weighted by molar-refractivity contribution is -0.139. The number of rotatable bonds is 7. The fourth-order valence-electron chi connectivity index (χ4n) is 4.46. The van der Waals surface area contributed by atoms with Gasteiger partial charge in [0.2, 0.25) is 0 Å². The summed E-state index contributed by atoms with van der Waals surface area (Å²) in [6, 6.07) is 18.8. The summed E-state index contributed by atoms with van der Waals surface area (Å²) in [7, 11) is 0. The first-order valence-electron chi connectivity index (χ1n) is 12.4. The molecule has 4 aromatic rings. The molecule has 0 unspecified atom stereocenters. The van der Waals surface area contributed by atoms with Crippen LogP contribution in [0, 0.1) is 13.0 Å². The number of ether oxygens (including phenoxy) is 2. The molecule has 6 nitrogen and oxygen atoms in total. The van der Waals surface area contributed by atoms with E-state index in [9.17, 15) is 14.0 Å². The monoisotopic (exact) mass is 780 g/mol. The van der Waals surface area contributed by atoms with E-state index in [1.165, 1.54) is 28.0 Å². The number of thiazole rings is 1. The average Bonchev–Trinajstić information content (AvgIpc) is 3.22. The Balaban J connectivity index is 1.65. The molecule has 0 N–H and O–H groups in total. The van der Waals surface area contributed by atoms with Gasteiger partial charge in [-0.25, -0.2) is 14.2 Å². The quantitative estimate of drug-likeness (QED) is 0.178. The second kappa shape index (κ2) is 12.4. The molecule has 1 aromatic heterocycles. The predicted molar refractivity (Wildman–Crippen MR) is 169 cm³/mol. The number of fused-ring (bicyclic) bond motifs is 1. The number of esters is 1. The van der Waals surface area contributed by atoms with Gasteiger partial charge in [0.05, 0.1) is 32.0 Å². The van der Waals surface area contributed by atoms with Gasteiger partial charge in [0.1, 0.15) is 18.2 Å². The standard InChI is InChI=1S/C30H23FI2N2O4S/c1-3-38-29(37)25-17(2)34-30-35(26(25)19-9-11-21(31)12-10-19)28(36)24(40-30)14-20-13-22(32)15-23(33)27(20)39-16-18-7-5-4-6-8-18/h4-15,26H,3,16H2,1-2H3/b24-14-/t26-/m1/s1. The first kappa shape index (κ1) is 28.7. The highest BCUT2D eigenvalue weighted by Crippen LogP contribution is 2.32. The fourth-order valence-corrected chi connectivity index (χ4v) is 7.55. The molecule has 0 bridgehead atoms. The van der Waals surface area contributed by atoms with Crippen LogP contribution >= 0.6 is 56.5 Å². The lowest BCUT2D eigenvalue weighted by atomic mass is 9.96. The first-order chi connectivity index (χ1) is 19.3. The summed E-state index contributed by atoms with van der Waals surface area (Å²) in [5.74, 6) is -0.295. The Morgan fingerprint density at radius 3 is 2.55 bits per heavy atom. The van der Waals surface area contributed by atoms with Crippen molar-refractivity contribution in [1.29, 1.82) is 0 Å². The summed E-state index contributed by atoms with van der Waals surface area (Å²) < 4.78 is 29.2. The number of hydrogen-bond acceptors (Lipinski definition) is 6. The molecule has 2 heterocycles. The molecule has 0 aliphatic carbocycles. The topological polar surface area (TPSA) is 69.9 Å². The van der Waals surface area contributed by atoms with Gasteiger partial charge in [-0.1, -0.05) is 53.8 Å². The van der Waals surface area contributed by atoms with Crippen LogP contribution < -0.4 is 19.6 Å². The van der Waals surface area contributed by atoms with Crippen LogP contribution in [-0.4, -0.2) is 17.1 Å². The first-order valence-corrected chi connectivity index (χ1v) is 15.3. The SMILES string of the molecule is CCOC(=O)C1=C(C)N=c2s/c(=C\c3cc(I)cc(I)c3OCc3ccccc3)c(=O)n2[C@@H]1c1ccc(F)cc1. The molecule has 0 saturated carbocycles. The number of carbonyl (C=O) groups excluding carboxylic acids is 1. The molecule has 40 heavy (non-hydrogen) atoms. The van der Waals surface area contributed by atoms with Crippen LogP contribution in [0.15, 0.2) is 87.8 Å². The number of allylic oxidation sites excluding steroid dienone is 1. The minimum absolute atomic E-state index is 0.174. The van der Waals surface area contributed by atoms with Crippen LogP contribution in [0.3, 0.4) is 0 Å². The van der Waals surface area contributed by atoms with Crippen molar-refractivity contribution < 1.29 is 18.7 Å². The van der Waals surface area contributed by atoms with E-state index < -0.39 is 17.8 Å². The van der Waals surface area contributed by atoms with Crippen molar-refractivity contribution in [2.24, 2.45) is 4.99 Å². The third-order valence-corrected chi connectivity index (χ3v) is 8.66. The van der Waals surface area contributed by atoms with Crippen molar-refractivity contribution in [3.63, 3.8) is 0 Å². The van der Waals surface area contributed by atoms with E-state index in [0.717, 1.165) is 18.3 Å². The maximum absolute atomic E-state index is 14.0. The van der Waals surface area contributed by atoms with E-state index in [2.05, 4.69) is 50.2 Å². The Labute approximate surface area is 261 Å². The van der Waals surface area contributed by atoms with Gasteiger partial charge in [-0.15, -0.1) is 0 Å². The lowest BCUT2D eigenvalue weighted by Gasteiger charge is -2.24. The summed E-state index contributed by atoms with van der Waals surface area (Å²) in [5.41, 5.74) is 2.78. The van der Waals surface area contributed by atoms with Gasteiger partial charge in [0, 0.05) is 9.13 Å². The van der Waals surface area contributed by atoms with E-state index in [-0.39, 0.29) is 17.7 Å². The van der Waals surface area contributed by atoms with Gasteiger partial charge in [-0.05, 0) is 100 Å². The molecule has 1 aliphatic rings. The largest absolute Gasteiger partial charge is 0.487 e. The van der Waals surface area contributed by atoms with E-state index in [1.54, 1.807) is 32.1 Å². The molecular formula is C30H23FI2N2O4S. The van der Waals surface area contributed by atoms with Crippen molar-refractivity contribution >= 4 is 68.6 Å². The number of carbonyl (C=O) groups is 1. The van der Waals surface area contributed by atoms with E-state index in [4.69, 9.17) is 9.47 Å². The van der Waals surface area contributed by atoms with E-state index >= 15 is 0 Å². The molecule has 0 saturated heterocycles. The number of benzene rings is 3. The van der Waals surface area contributed by atoms with Crippen LogP contribution in [0.25, 0.3) is 6.08 Å². The minimum Gasteiger partial charge on any atom is -0.487 e. The van der Waals surface area contributed by atoms with Gasteiger partial charge in [0.15, 0.2) is 4.80 Å². The van der Waals surface area contributed by atoms with Crippen molar-refractivity contribution in [1.82, 2.24) is 4.57 Å². The molecule has 10 heteroatoms. The molecule has 1 aliphatic heterocycles. The summed E-state index contributed by atoms with van der Waals surface area (Å²) in [5, 5.41) is 0. The smallest absolute Gasteiger partial charge is 0.338 e. The second-order valence-electron chi connectivity index (χ2n) is 8.93. The normalized spacial score (nSPS) is 15.0. The highest BCUT2D eigenvalue weighted by Gasteiger charge is 2.33. The number of halogens is 3. The van der Waals surface area contributed by atoms with Crippen LogP contribution in [-0.2, 0) is 16.1 Å². The molecule has 3 aromatic carbocycles. The van der Waals surface area contributed by atoms with Crippen molar-refractivity contribution in [3.05, 3.63) is 127 Å². The van der Waals surface area contributed by atoms with Crippen molar-refractivity contribution in [2.45, 2.75) is 26.5 Å². The number of hydrogen-bond donors (Lipinski definition) is 0. The zero-order valence-electron chi connectivity index (χ0n) is 21.5. The summed E-state index contributed by atoms with van der Waals surface area (Å²) in [4.78, 5) is 32.0. The number of nitrogens with zero attached hydrogens (tertiary/aromatic N) is 2. The third kappa shape index (κ3) is 5.93. The van der Waals surface area contributed by atoms with Crippen molar-refractivity contribution in [3.8, 4) is 5.75 Å². The van der Waals surface area contributed by atoms with Gasteiger partial charge < -0.3 is 9.47 Å². The maximum atomic E-state index is 14.0. The van der Waals surface area contributed by atoms with Gasteiger partial charge >= 0.3 is 5.97 Å². The Morgan fingerprint density at radius 1 is 1.12 bits per heavy atom.